The summed E-state index contributed by atoms with van der Waals surface area (Å²) in [5, 5.41) is 0. The molecule has 1 aliphatic rings. The van der Waals surface area contributed by atoms with Crippen LogP contribution in [0.15, 0.2) is 120 Å². The highest BCUT2D eigenvalue weighted by molar-refractivity contribution is 8.00. The lowest BCUT2D eigenvalue weighted by Gasteiger charge is -2.35. The van der Waals surface area contributed by atoms with Crippen LogP contribution in [-0.4, -0.2) is 0 Å². The average Bonchev–Trinajstić information content (AvgIpc) is 2.94. The first-order chi connectivity index (χ1) is 17.3. The van der Waals surface area contributed by atoms with Crippen LogP contribution in [0, 0.1) is 5.92 Å². The fourth-order valence-corrected chi connectivity index (χ4v) is 7.26. The Morgan fingerprint density at radius 2 is 1.06 bits per heavy atom. The first-order valence-corrected chi connectivity index (χ1v) is 14.1. The van der Waals surface area contributed by atoms with Crippen molar-refractivity contribution in [3.05, 3.63) is 138 Å². The van der Waals surface area contributed by atoms with Crippen molar-refractivity contribution in [1.29, 1.82) is 0 Å². The van der Waals surface area contributed by atoms with Crippen molar-refractivity contribution in [2.45, 2.75) is 61.0 Å². The zero-order valence-corrected chi connectivity index (χ0v) is 21.6. The lowest BCUT2D eigenvalue weighted by Crippen LogP contribution is -2.25. The number of thioether (sulfide) groups is 1. The number of rotatable bonds is 8. The molecule has 5 rings (SSSR count). The van der Waals surface area contributed by atoms with Crippen LogP contribution in [0.4, 0.5) is 0 Å². The predicted molar refractivity (Wildman–Crippen MR) is 151 cm³/mol. The lowest BCUT2D eigenvalue weighted by molar-refractivity contribution is 0.308. The van der Waals surface area contributed by atoms with Crippen molar-refractivity contribution in [3.63, 3.8) is 0 Å². The van der Waals surface area contributed by atoms with Gasteiger partial charge in [0.05, 0.1) is 4.75 Å². The molecule has 1 saturated carbocycles. The summed E-state index contributed by atoms with van der Waals surface area (Å²) in [5.74, 6) is 1.68. The molecule has 0 heterocycles. The topological polar surface area (TPSA) is 0 Å². The van der Waals surface area contributed by atoms with Gasteiger partial charge in [-0.05, 0) is 71.9 Å². The Balaban J connectivity index is 1.49. The van der Waals surface area contributed by atoms with Crippen molar-refractivity contribution in [2.24, 2.45) is 5.92 Å². The summed E-state index contributed by atoms with van der Waals surface area (Å²) in [6.07, 6.45) is 8.22. The number of benzene rings is 4. The van der Waals surface area contributed by atoms with E-state index >= 15 is 0 Å². The van der Waals surface area contributed by atoms with Gasteiger partial charge in [-0.1, -0.05) is 123 Å². The Kier molecular flexibility index (Phi) is 7.74. The van der Waals surface area contributed by atoms with Crippen LogP contribution < -0.4 is 0 Å². The van der Waals surface area contributed by atoms with Crippen molar-refractivity contribution in [1.82, 2.24) is 0 Å². The Morgan fingerprint density at radius 1 is 0.600 bits per heavy atom. The molecule has 0 aromatic heterocycles. The molecular weight excluding hydrogens is 440 g/mol. The molecule has 0 N–H and O–H groups in total. The molecular formula is C34H36S. The van der Waals surface area contributed by atoms with Gasteiger partial charge in [0.25, 0.3) is 0 Å². The largest absolute Gasteiger partial charge is 0.105 e. The minimum Gasteiger partial charge on any atom is -0.105 e. The van der Waals surface area contributed by atoms with E-state index in [1.807, 2.05) is 11.8 Å². The van der Waals surface area contributed by atoms with Gasteiger partial charge in [-0.25, -0.2) is 0 Å². The van der Waals surface area contributed by atoms with E-state index in [4.69, 9.17) is 0 Å². The van der Waals surface area contributed by atoms with E-state index in [1.54, 1.807) is 0 Å². The Morgan fingerprint density at radius 3 is 1.49 bits per heavy atom. The molecule has 1 heteroatoms. The summed E-state index contributed by atoms with van der Waals surface area (Å²) in [6.45, 7) is 2.32. The fraction of sp³-hybridized carbons (Fsp3) is 0.294. The van der Waals surface area contributed by atoms with Crippen LogP contribution in [0.5, 0.6) is 0 Å². The second kappa shape index (κ2) is 11.3. The van der Waals surface area contributed by atoms with E-state index in [1.165, 1.54) is 65.7 Å². The maximum atomic E-state index is 2.40. The third kappa shape index (κ3) is 5.26. The van der Waals surface area contributed by atoms with Gasteiger partial charge in [0, 0.05) is 4.90 Å². The first-order valence-electron chi connectivity index (χ1n) is 13.2. The molecule has 4 aromatic rings. The molecule has 178 valence electrons. The van der Waals surface area contributed by atoms with E-state index in [2.05, 4.69) is 122 Å². The molecule has 0 nitrogen and oxygen atoms in total. The van der Waals surface area contributed by atoms with E-state index < -0.39 is 0 Å². The van der Waals surface area contributed by atoms with Crippen LogP contribution in [0.2, 0.25) is 0 Å². The van der Waals surface area contributed by atoms with Crippen molar-refractivity contribution in [3.8, 4) is 0 Å². The Hall–Kier alpha value is -2.77. The quantitative estimate of drug-likeness (QED) is 0.180. The first kappa shape index (κ1) is 23.9. The molecule has 0 aliphatic heterocycles. The highest BCUT2D eigenvalue weighted by Crippen LogP contribution is 2.51. The molecule has 0 unspecified atom stereocenters. The summed E-state index contributed by atoms with van der Waals surface area (Å²) in [5.41, 5.74) is 5.44. The van der Waals surface area contributed by atoms with Crippen LogP contribution in [0.1, 0.15) is 73.6 Å². The van der Waals surface area contributed by atoms with E-state index in [0.717, 1.165) is 11.8 Å². The second-order valence-electron chi connectivity index (χ2n) is 9.96. The van der Waals surface area contributed by atoms with Gasteiger partial charge < -0.3 is 0 Å². The third-order valence-electron chi connectivity index (χ3n) is 7.71. The summed E-state index contributed by atoms with van der Waals surface area (Å²) in [7, 11) is 0. The Labute approximate surface area is 215 Å². The highest BCUT2D eigenvalue weighted by atomic mass is 32.2. The molecule has 0 amide bonds. The van der Waals surface area contributed by atoms with Crippen LogP contribution in [0.25, 0.3) is 0 Å². The van der Waals surface area contributed by atoms with Crippen molar-refractivity contribution in [2.75, 3.05) is 0 Å². The third-order valence-corrected chi connectivity index (χ3v) is 9.23. The van der Waals surface area contributed by atoms with E-state index in [0.29, 0.717) is 0 Å². The summed E-state index contributed by atoms with van der Waals surface area (Å²) >= 11 is 1.96. The molecule has 0 atom stereocenters. The van der Waals surface area contributed by atoms with Gasteiger partial charge in [0.2, 0.25) is 0 Å². The maximum Gasteiger partial charge on any atom is 0.0954 e. The molecule has 0 spiro atoms. The fourth-order valence-electron chi connectivity index (χ4n) is 5.87. The normalized spacial score (nSPS) is 18.3. The number of hydrogen-bond acceptors (Lipinski definition) is 1. The van der Waals surface area contributed by atoms with Crippen LogP contribution in [-0.2, 0) is 4.75 Å². The molecule has 0 saturated heterocycles. The number of hydrogen-bond donors (Lipinski definition) is 0. The maximum absolute atomic E-state index is 2.40. The van der Waals surface area contributed by atoms with Crippen molar-refractivity contribution < 1.29 is 0 Å². The van der Waals surface area contributed by atoms with Crippen molar-refractivity contribution >= 4 is 11.8 Å². The second-order valence-corrected chi connectivity index (χ2v) is 11.2. The molecule has 0 bridgehead atoms. The van der Waals surface area contributed by atoms with Gasteiger partial charge in [0.15, 0.2) is 0 Å². The predicted octanol–water partition coefficient (Wildman–Crippen LogP) is 9.84. The summed E-state index contributed by atoms with van der Waals surface area (Å²) < 4.78 is -0.316. The van der Waals surface area contributed by atoms with Gasteiger partial charge in [-0.3, -0.25) is 0 Å². The minimum absolute atomic E-state index is 0.316. The lowest BCUT2D eigenvalue weighted by atomic mass is 9.77. The summed E-state index contributed by atoms with van der Waals surface area (Å²) in [4.78, 5) is 1.31. The van der Waals surface area contributed by atoms with Gasteiger partial charge in [-0.2, -0.15) is 0 Å². The molecule has 4 aromatic carbocycles. The van der Waals surface area contributed by atoms with E-state index in [-0.39, 0.29) is 4.75 Å². The SMILES string of the molecule is CCCC1CCC(c2ccc(SC(c3ccccc3)(c3ccccc3)c3ccccc3)cc2)CC1. The molecule has 35 heavy (non-hydrogen) atoms. The van der Waals surface area contributed by atoms with E-state index in [9.17, 15) is 0 Å². The van der Waals surface area contributed by atoms with Gasteiger partial charge in [-0.15, -0.1) is 11.8 Å². The average molecular weight is 477 g/mol. The van der Waals surface area contributed by atoms with Gasteiger partial charge >= 0.3 is 0 Å². The molecule has 1 fully saturated rings. The zero-order chi connectivity index (χ0) is 23.9. The van der Waals surface area contributed by atoms with Crippen LogP contribution in [0.3, 0.4) is 0 Å². The summed E-state index contributed by atoms with van der Waals surface area (Å²) in [6, 6.07) is 42.5. The molecule has 0 radical (unpaired) electrons. The standard InChI is InChI=1S/C34H36S/c1-2-12-27-19-21-28(22-20-27)29-23-25-33(26-24-29)35-34(30-13-6-3-7-14-30,31-15-8-4-9-16-31)32-17-10-5-11-18-32/h3-11,13-18,23-28H,2,12,19-22H2,1H3. The smallest absolute Gasteiger partial charge is 0.0954 e. The van der Waals surface area contributed by atoms with Gasteiger partial charge in [0.1, 0.15) is 0 Å². The Bertz CT molecular complexity index is 1060. The van der Waals surface area contributed by atoms with Crippen LogP contribution >= 0.6 is 11.8 Å². The zero-order valence-electron chi connectivity index (χ0n) is 20.8. The minimum atomic E-state index is -0.316. The monoisotopic (exact) mass is 476 g/mol. The highest BCUT2D eigenvalue weighted by Gasteiger charge is 2.37. The molecule has 1 aliphatic carbocycles.